The fourth-order valence-corrected chi connectivity index (χ4v) is 3.67. The Kier molecular flexibility index (Phi) is 3.83. The number of thioether (sulfide) groups is 1. The molecule has 8 heteroatoms. The second-order valence-electron chi connectivity index (χ2n) is 4.04. The molecule has 0 unspecified atom stereocenters. The molecule has 1 N–H and O–H groups in total. The van der Waals surface area contributed by atoms with Crippen LogP contribution in [0, 0.1) is 5.82 Å². The second-order valence-corrected chi connectivity index (χ2v) is 6.47. The number of carbonyl (C=O) groups is 1. The van der Waals surface area contributed by atoms with Gasteiger partial charge in [-0.25, -0.2) is 4.39 Å². The van der Waals surface area contributed by atoms with Crippen LogP contribution in [0.5, 0.6) is 0 Å². The zero-order chi connectivity index (χ0) is 13.9. The lowest BCUT2D eigenvalue weighted by atomic mass is 10.3. The van der Waals surface area contributed by atoms with Crippen LogP contribution in [0.2, 0.25) is 0 Å². The number of ether oxygens (including phenoxy) is 1. The van der Waals surface area contributed by atoms with Gasteiger partial charge >= 0.3 is 5.97 Å². The van der Waals surface area contributed by atoms with E-state index >= 15 is 0 Å². The summed E-state index contributed by atoms with van der Waals surface area (Å²) >= 11 is 2.61. The van der Waals surface area contributed by atoms with E-state index in [1.54, 1.807) is 18.2 Å². The maximum Gasteiger partial charge on any atom is 0.319 e. The molecule has 1 atom stereocenters. The van der Waals surface area contributed by atoms with Gasteiger partial charge in [0.2, 0.25) is 5.13 Å². The molecule has 0 radical (unpaired) electrons. The molecule has 0 saturated carbocycles. The third-order valence-electron chi connectivity index (χ3n) is 2.65. The van der Waals surface area contributed by atoms with E-state index in [1.165, 1.54) is 29.2 Å². The molecule has 3 rings (SSSR count). The summed E-state index contributed by atoms with van der Waals surface area (Å²) in [6, 6.07) is 6.34. The summed E-state index contributed by atoms with van der Waals surface area (Å²) in [5, 5.41) is 11.1. The van der Waals surface area contributed by atoms with Crippen molar-refractivity contribution in [2.45, 2.75) is 16.0 Å². The van der Waals surface area contributed by atoms with E-state index < -0.39 is 0 Å². The third-order valence-corrected chi connectivity index (χ3v) is 4.82. The maximum absolute atomic E-state index is 13.5. The Labute approximate surface area is 122 Å². The molecule has 1 fully saturated rings. The molecule has 0 spiro atoms. The Morgan fingerprint density at radius 2 is 2.25 bits per heavy atom. The molecular formula is C12H10FN3O2S2. The maximum atomic E-state index is 13.5. The number of carbonyl (C=O) groups excluding carboxylic acids is 1. The van der Waals surface area contributed by atoms with Crippen molar-refractivity contribution in [3.63, 3.8) is 0 Å². The van der Waals surface area contributed by atoms with E-state index in [2.05, 4.69) is 15.5 Å². The van der Waals surface area contributed by atoms with Gasteiger partial charge < -0.3 is 10.1 Å². The van der Waals surface area contributed by atoms with Crippen LogP contribution in [0.15, 0.2) is 28.6 Å². The predicted molar refractivity (Wildman–Crippen MR) is 74.8 cm³/mol. The predicted octanol–water partition coefficient (Wildman–Crippen LogP) is 2.83. The average molecular weight is 311 g/mol. The highest BCUT2D eigenvalue weighted by molar-refractivity contribution is 8.02. The third kappa shape index (κ3) is 2.91. The lowest BCUT2D eigenvalue weighted by molar-refractivity contribution is -0.137. The smallest absolute Gasteiger partial charge is 0.319 e. The van der Waals surface area contributed by atoms with Crippen LogP contribution in [0.1, 0.15) is 6.42 Å². The topological polar surface area (TPSA) is 64.1 Å². The van der Waals surface area contributed by atoms with Crippen molar-refractivity contribution in [1.82, 2.24) is 10.2 Å². The number of hydrogen-bond donors (Lipinski definition) is 1. The largest absolute Gasteiger partial charge is 0.465 e. The highest BCUT2D eigenvalue weighted by Gasteiger charge is 2.28. The van der Waals surface area contributed by atoms with Crippen molar-refractivity contribution in [1.29, 1.82) is 0 Å². The summed E-state index contributed by atoms with van der Waals surface area (Å²) in [6.45, 7) is 0.454. The standard InChI is InChI=1S/C12H10FN3O2S2/c13-7-3-1-2-4-8(7)14-11-15-16-12(20-11)19-9-5-6-18-10(9)17/h1-4,9H,5-6H2,(H,14,15)/t9-/m1/s1. The Morgan fingerprint density at radius 1 is 1.40 bits per heavy atom. The van der Waals surface area contributed by atoms with Crippen LogP contribution in [-0.2, 0) is 9.53 Å². The molecular weight excluding hydrogens is 301 g/mol. The normalized spacial score (nSPS) is 18.1. The Bertz CT molecular complexity index is 635. The first-order valence-electron chi connectivity index (χ1n) is 5.91. The quantitative estimate of drug-likeness (QED) is 0.876. The van der Waals surface area contributed by atoms with E-state index in [-0.39, 0.29) is 17.0 Å². The number of esters is 1. The first-order valence-corrected chi connectivity index (χ1v) is 7.60. The highest BCUT2D eigenvalue weighted by Crippen LogP contribution is 2.34. The summed E-state index contributed by atoms with van der Waals surface area (Å²) in [5.74, 6) is -0.565. The number of nitrogens with one attached hydrogen (secondary N) is 1. The molecule has 2 heterocycles. The fraction of sp³-hybridized carbons (Fsp3) is 0.250. The molecule has 5 nitrogen and oxygen atoms in total. The molecule has 0 bridgehead atoms. The number of rotatable bonds is 4. The van der Waals surface area contributed by atoms with Gasteiger partial charge in [0.05, 0.1) is 12.3 Å². The average Bonchev–Trinajstić information content (AvgIpc) is 3.03. The van der Waals surface area contributed by atoms with E-state index in [4.69, 9.17) is 4.74 Å². The van der Waals surface area contributed by atoms with Crippen molar-refractivity contribution in [3.05, 3.63) is 30.1 Å². The molecule has 20 heavy (non-hydrogen) atoms. The van der Waals surface area contributed by atoms with Crippen LogP contribution in [-0.4, -0.2) is 28.0 Å². The summed E-state index contributed by atoms with van der Waals surface area (Å²) in [6.07, 6.45) is 0.680. The molecule has 1 aliphatic rings. The molecule has 2 aromatic rings. The molecule has 1 aromatic carbocycles. The number of para-hydroxylation sites is 1. The van der Waals surface area contributed by atoms with Gasteiger partial charge in [0.1, 0.15) is 11.1 Å². The van der Waals surface area contributed by atoms with Crippen LogP contribution in [0.25, 0.3) is 0 Å². The summed E-state index contributed by atoms with van der Waals surface area (Å²) in [5.41, 5.74) is 0.348. The second kappa shape index (κ2) is 5.76. The number of benzene rings is 1. The summed E-state index contributed by atoms with van der Waals surface area (Å²) in [7, 11) is 0. The summed E-state index contributed by atoms with van der Waals surface area (Å²) in [4.78, 5) is 11.4. The Morgan fingerprint density at radius 3 is 3.00 bits per heavy atom. The molecule has 0 amide bonds. The van der Waals surface area contributed by atoms with Gasteiger partial charge in [-0.3, -0.25) is 4.79 Å². The molecule has 0 aliphatic carbocycles. The molecule has 1 aromatic heterocycles. The van der Waals surface area contributed by atoms with Crippen LogP contribution in [0.4, 0.5) is 15.2 Å². The monoisotopic (exact) mass is 311 g/mol. The van der Waals surface area contributed by atoms with Gasteiger partial charge in [-0.15, -0.1) is 10.2 Å². The zero-order valence-electron chi connectivity index (χ0n) is 10.2. The SMILES string of the molecule is O=C1OCC[C@H]1Sc1nnc(Nc2ccccc2F)s1. The molecule has 1 aliphatic heterocycles. The van der Waals surface area contributed by atoms with Gasteiger partial charge in [0.25, 0.3) is 0 Å². The van der Waals surface area contributed by atoms with Gasteiger partial charge in [0.15, 0.2) is 4.34 Å². The number of anilines is 2. The van der Waals surface area contributed by atoms with Gasteiger partial charge in [-0.05, 0) is 12.1 Å². The van der Waals surface area contributed by atoms with Crippen LogP contribution < -0.4 is 5.32 Å². The van der Waals surface area contributed by atoms with E-state index in [9.17, 15) is 9.18 Å². The zero-order valence-corrected chi connectivity index (χ0v) is 11.8. The van der Waals surface area contributed by atoms with E-state index in [1.807, 2.05) is 0 Å². The van der Waals surface area contributed by atoms with Crippen molar-refractivity contribution in [2.75, 3.05) is 11.9 Å². The van der Waals surface area contributed by atoms with Crippen LogP contribution >= 0.6 is 23.1 Å². The number of halogens is 1. The number of hydrogen-bond acceptors (Lipinski definition) is 7. The van der Waals surface area contributed by atoms with Gasteiger partial charge in [0, 0.05) is 6.42 Å². The summed E-state index contributed by atoms with van der Waals surface area (Å²) < 4.78 is 19.0. The molecule has 104 valence electrons. The molecule has 1 saturated heterocycles. The number of cyclic esters (lactones) is 1. The van der Waals surface area contributed by atoms with Crippen LogP contribution in [0.3, 0.4) is 0 Å². The first-order chi connectivity index (χ1) is 9.72. The van der Waals surface area contributed by atoms with Gasteiger partial charge in [-0.2, -0.15) is 0 Å². The number of nitrogens with zero attached hydrogens (tertiary/aromatic N) is 2. The number of aromatic nitrogens is 2. The van der Waals surface area contributed by atoms with Crippen molar-refractivity contribution in [2.24, 2.45) is 0 Å². The first kappa shape index (κ1) is 13.3. The minimum absolute atomic E-state index is 0.214. The van der Waals surface area contributed by atoms with Crippen molar-refractivity contribution in [3.8, 4) is 0 Å². The van der Waals surface area contributed by atoms with E-state index in [0.717, 1.165) is 0 Å². The Balaban J connectivity index is 1.68. The minimum Gasteiger partial charge on any atom is -0.465 e. The van der Waals surface area contributed by atoms with Crippen molar-refractivity contribution >= 4 is 39.9 Å². The van der Waals surface area contributed by atoms with E-state index in [0.29, 0.717) is 28.2 Å². The highest BCUT2D eigenvalue weighted by atomic mass is 32.2. The van der Waals surface area contributed by atoms with Gasteiger partial charge in [-0.1, -0.05) is 35.2 Å². The van der Waals surface area contributed by atoms with Crippen molar-refractivity contribution < 1.29 is 13.9 Å². The lowest BCUT2D eigenvalue weighted by Gasteiger charge is -2.02. The lowest BCUT2D eigenvalue weighted by Crippen LogP contribution is -2.08. The fourth-order valence-electron chi connectivity index (χ4n) is 1.69. The minimum atomic E-state index is -0.351. The Hall–Kier alpha value is -1.67.